The monoisotopic (exact) mass is 435 g/mol. The number of aromatic carboxylic acids is 1. The largest absolute Gasteiger partial charge is 0.478 e. The molecule has 0 aliphatic heterocycles. The summed E-state index contributed by atoms with van der Waals surface area (Å²) in [5.74, 6) is 0.424. The summed E-state index contributed by atoms with van der Waals surface area (Å²) in [6.07, 6.45) is 13.2. The van der Waals surface area contributed by atoms with Crippen molar-refractivity contribution in [2.75, 3.05) is 25.2 Å². The standard InChI is InChI=1S/C28H37NO3/c1-32-17-16-29(26-14-12-23(13-15-26)28(30)31)27-19-24(21-8-4-2-5-9-21)18-25(20-27)22-10-6-3-7-11-22/h12-15,18-22H,2-11,16-17H2,1H3,(H,30,31). The maximum atomic E-state index is 11.3. The minimum atomic E-state index is -0.890. The number of anilines is 2. The SMILES string of the molecule is COCCN(c1ccc(C(=O)O)cc1)c1cc(C2CCCCC2)cc(C2CCCCC2)c1. The molecule has 32 heavy (non-hydrogen) atoms. The van der Waals surface area contributed by atoms with E-state index in [0.29, 0.717) is 24.0 Å². The van der Waals surface area contributed by atoms with E-state index in [1.807, 2.05) is 12.1 Å². The Bertz CT molecular complexity index is 844. The van der Waals surface area contributed by atoms with E-state index < -0.39 is 5.97 Å². The summed E-state index contributed by atoms with van der Waals surface area (Å²) < 4.78 is 5.43. The van der Waals surface area contributed by atoms with Crippen LogP contribution in [0.15, 0.2) is 42.5 Å². The summed E-state index contributed by atoms with van der Waals surface area (Å²) >= 11 is 0. The number of carboxylic acids is 1. The second kappa shape index (κ2) is 11.0. The normalized spacial score (nSPS) is 17.9. The van der Waals surface area contributed by atoms with Crippen molar-refractivity contribution < 1.29 is 14.6 Å². The van der Waals surface area contributed by atoms with Crippen molar-refractivity contribution in [2.24, 2.45) is 0 Å². The van der Waals surface area contributed by atoms with Crippen LogP contribution in [0.4, 0.5) is 11.4 Å². The fourth-order valence-electron chi connectivity index (χ4n) is 5.53. The third kappa shape index (κ3) is 5.53. The zero-order valence-electron chi connectivity index (χ0n) is 19.4. The van der Waals surface area contributed by atoms with Gasteiger partial charge in [-0.1, -0.05) is 44.6 Å². The molecular formula is C28H37NO3. The zero-order chi connectivity index (χ0) is 22.3. The molecule has 0 aromatic heterocycles. The smallest absolute Gasteiger partial charge is 0.335 e. The fraction of sp³-hybridized carbons (Fsp3) is 0.536. The molecule has 2 saturated carbocycles. The maximum Gasteiger partial charge on any atom is 0.335 e. The lowest BCUT2D eigenvalue weighted by atomic mass is 9.79. The van der Waals surface area contributed by atoms with Gasteiger partial charge in [-0.15, -0.1) is 0 Å². The number of carboxylic acid groups (broad SMARTS) is 1. The predicted octanol–water partition coefficient (Wildman–Crippen LogP) is 7.26. The van der Waals surface area contributed by atoms with E-state index in [1.165, 1.54) is 81.0 Å². The highest BCUT2D eigenvalue weighted by molar-refractivity contribution is 5.88. The molecule has 0 bridgehead atoms. The molecule has 1 N–H and O–H groups in total. The first-order valence-corrected chi connectivity index (χ1v) is 12.4. The number of nitrogens with zero attached hydrogens (tertiary/aromatic N) is 1. The second-order valence-electron chi connectivity index (χ2n) is 9.52. The van der Waals surface area contributed by atoms with Crippen LogP contribution in [0, 0.1) is 0 Å². The lowest BCUT2D eigenvalue weighted by Gasteiger charge is -2.30. The van der Waals surface area contributed by atoms with Crippen molar-refractivity contribution in [3.8, 4) is 0 Å². The third-order valence-corrected chi connectivity index (χ3v) is 7.37. The quantitative estimate of drug-likeness (QED) is 0.474. The van der Waals surface area contributed by atoms with Gasteiger partial charge in [-0.25, -0.2) is 4.79 Å². The van der Waals surface area contributed by atoms with Gasteiger partial charge >= 0.3 is 5.97 Å². The number of hydrogen-bond acceptors (Lipinski definition) is 3. The Labute approximate surface area is 192 Å². The van der Waals surface area contributed by atoms with Crippen molar-refractivity contribution in [2.45, 2.75) is 76.0 Å². The molecule has 0 unspecified atom stereocenters. The lowest BCUT2D eigenvalue weighted by molar-refractivity contribution is 0.0697. The van der Waals surface area contributed by atoms with Crippen molar-refractivity contribution in [1.82, 2.24) is 0 Å². The Kier molecular flexibility index (Phi) is 7.85. The minimum absolute atomic E-state index is 0.319. The van der Waals surface area contributed by atoms with Crippen LogP contribution in [0.25, 0.3) is 0 Å². The lowest BCUT2D eigenvalue weighted by Crippen LogP contribution is -2.23. The Morgan fingerprint density at radius 2 is 1.38 bits per heavy atom. The number of rotatable bonds is 8. The van der Waals surface area contributed by atoms with Gasteiger partial charge in [0, 0.05) is 25.0 Å². The maximum absolute atomic E-state index is 11.3. The highest BCUT2D eigenvalue weighted by atomic mass is 16.5. The molecule has 2 aromatic rings. The van der Waals surface area contributed by atoms with Gasteiger partial charge in [0.1, 0.15) is 0 Å². The van der Waals surface area contributed by atoms with Crippen LogP contribution in [0.5, 0.6) is 0 Å². The number of ether oxygens (including phenoxy) is 1. The molecule has 2 aliphatic rings. The van der Waals surface area contributed by atoms with Gasteiger partial charge in [-0.05, 0) is 85.0 Å². The van der Waals surface area contributed by atoms with Crippen molar-refractivity contribution in [3.63, 3.8) is 0 Å². The summed E-state index contributed by atoms with van der Waals surface area (Å²) in [5, 5.41) is 9.30. The predicted molar refractivity (Wildman–Crippen MR) is 130 cm³/mol. The van der Waals surface area contributed by atoms with Gasteiger partial charge in [-0.2, -0.15) is 0 Å². The van der Waals surface area contributed by atoms with Crippen LogP contribution in [0.1, 0.15) is 97.5 Å². The van der Waals surface area contributed by atoms with E-state index in [9.17, 15) is 9.90 Å². The van der Waals surface area contributed by atoms with Crippen molar-refractivity contribution >= 4 is 17.3 Å². The van der Waals surface area contributed by atoms with E-state index in [2.05, 4.69) is 23.1 Å². The molecule has 4 nitrogen and oxygen atoms in total. The molecule has 0 radical (unpaired) electrons. The fourth-order valence-corrected chi connectivity index (χ4v) is 5.53. The second-order valence-corrected chi connectivity index (χ2v) is 9.52. The van der Waals surface area contributed by atoms with Crippen LogP contribution >= 0.6 is 0 Å². The third-order valence-electron chi connectivity index (χ3n) is 7.37. The average molecular weight is 436 g/mol. The number of hydrogen-bond donors (Lipinski definition) is 1. The first kappa shape index (κ1) is 22.8. The summed E-state index contributed by atoms with van der Waals surface area (Å²) in [6.45, 7) is 1.36. The average Bonchev–Trinajstić information content (AvgIpc) is 2.85. The summed E-state index contributed by atoms with van der Waals surface area (Å²) in [5.41, 5.74) is 5.54. The number of carbonyl (C=O) groups is 1. The van der Waals surface area contributed by atoms with Crippen LogP contribution in [-0.4, -0.2) is 31.3 Å². The van der Waals surface area contributed by atoms with Gasteiger partial charge < -0.3 is 14.7 Å². The Morgan fingerprint density at radius 1 is 0.844 bits per heavy atom. The van der Waals surface area contributed by atoms with Crippen molar-refractivity contribution in [3.05, 3.63) is 59.2 Å². The molecule has 0 saturated heterocycles. The van der Waals surface area contributed by atoms with Gasteiger partial charge in [0.2, 0.25) is 0 Å². The molecule has 4 heteroatoms. The van der Waals surface area contributed by atoms with E-state index in [1.54, 1.807) is 19.2 Å². The first-order chi connectivity index (χ1) is 15.7. The van der Waals surface area contributed by atoms with E-state index >= 15 is 0 Å². The topological polar surface area (TPSA) is 49.8 Å². The van der Waals surface area contributed by atoms with Crippen LogP contribution in [0.2, 0.25) is 0 Å². The Hall–Kier alpha value is -2.33. The summed E-state index contributed by atoms with van der Waals surface area (Å²) in [4.78, 5) is 13.6. The van der Waals surface area contributed by atoms with Crippen LogP contribution in [-0.2, 0) is 4.74 Å². The molecular weight excluding hydrogens is 398 g/mol. The minimum Gasteiger partial charge on any atom is -0.478 e. The Balaban J connectivity index is 1.72. The van der Waals surface area contributed by atoms with E-state index in [4.69, 9.17) is 4.74 Å². The van der Waals surface area contributed by atoms with E-state index in [0.717, 1.165) is 12.2 Å². The number of benzene rings is 2. The van der Waals surface area contributed by atoms with Gasteiger partial charge in [0.05, 0.1) is 12.2 Å². The number of methoxy groups -OCH3 is 1. The molecule has 0 atom stereocenters. The highest BCUT2D eigenvalue weighted by Gasteiger charge is 2.22. The van der Waals surface area contributed by atoms with Crippen LogP contribution in [0.3, 0.4) is 0 Å². The van der Waals surface area contributed by atoms with E-state index in [-0.39, 0.29) is 0 Å². The molecule has 2 aliphatic carbocycles. The van der Waals surface area contributed by atoms with Crippen molar-refractivity contribution in [1.29, 1.82) is 0 Å². The first-order valence-electron chi connectivity index (χ1n) is 12.4. The van der Waals surface area contributed by atoms with Gasteiger partial charge in [0.25, 0.3) is 0 Å². The molecule has 172 valence electrons. The summed E-state index contributed by atoms with van der Waals surface area (Å²) in [7, 11) is 1.73. The molecule has 2 fully saturated rings. The zero-order valence-corrected chi connectivity index (χ0v) is 19.4. The molecule has 4 rings (SSSR count). The molecule has 0 spiro atoms. The highest BCUT2D eigenvalue weighted by Crippen LogP contribution is 2.40. The van der Waals surface area contributed by atoms with Gasteiger partial charge in [0.15, 0.2) is 0 Å². The summed E-state index contributed by atoms with van der Waals surface area (Å²) in [6, 6.07) is 14.5. The van der Waals surface area contributed by atoms with Crippen LogP contribution < -0.4 is 4.90 Å². The van der Waals surface area contributed by atoms with Gasteiger partial charge in [-0.3, -0.25) is 0 Å². The Morgan fingerprint density at radius 3 is 1.84 bits per heavy atom. The molecule has 2 aromatic carbocycles. The molecule has 0 heterocycles. The molecule has 0 amide bonds.